The van der Waals surface area contributed by atoms with Crippen molar-refractivity contribution >= 4 is 48.1 Å². The van der Waals surface area contributed by atoms with Gasteiger partial charge in [0.05, 0.1) is 6.61 Å². The van der Waals surface area contributed by atoms with Gasteiger partial charge >= 0.3 is 48.1 Å². The summed E-state index contributed by atoms with van der Waals surface area (Å²) in [5, 5.41) is 0. The molecule has 0 aromatic carbocycles. The Balaban J connectivity index is -0.000000167. The molecule has 72 valence electrons. The molecule has 1 N–H and O–H groups in total. The van der Waals surface area contributed by atoms with Crippen LogP contribution in [0.4, 0.5) is 0 Å². The van der Waals surface area contributed by atoms with E-state index in [9.17, 15) is 8.42 Å². The number of hydrogen-bond acceptors (Lipinski definition) is 3. The van der Waals surface area contributed by atoms with Crippen LogP contribution in [0.15, 0.2) is 0 Å². The molecule has 0 fully saturated rings. The number of rotatable bonds is 6. The Kier molecular flexibility index (Phi) is 11.3. The largest absolute Gasteiger partial charge is 2.00 e. The van der Waals surface area contributed by atoms with Crippen molar-refractivity contribution in [1.29, 1.82) is 0 Å². The van der Waals surface area contributed by atoms with E-state index >= 15 is 0 Å². The summed E-state index contributed by atoms with van der Waals surface area (Å²) in [5.74, 6) is 0. The molecular weight excluding hydrogens is 208 g/mol. The molecule has 12 heavy (non-hydrogen) atoms. The maximum absolute atomic E-state index is 10.00. The zero-order valence-corrected chi connectivity index (χ0v) is 10.3. The van der Waals surface area contributed by atoms with Crippen LogP contribution in [0.3, 0.4) is 0 Å². The van der Waals surface area contributed by atoms with Crippen LogP contribution in [0, 0.1) is 0 Å². The third-order valence-electron chi connectivity index (χ3n) is 1.23. The van der Waals surface area contributed by atoms with Gasteiger partial charge in [0.1, 0.15) is 0 Å². The Bertz CT molecular complexity index is 186. The van der Waals surface area contributed by atoms with Gasteiger partial charge in [-0.3, -0.25) is 4.55 Å². The van der Waals surface area contributed by atoms with E-state index in [0.717, 1.165) is 19.3 Å². The van der Waals surface area contributed by atoms with E-state index in [-0.39, 0.29) is 47.2 Å². The Morgan fingerprint density at radius 1 is 1.33 bits per heavy atom. The second kappa shape index (κ2) is 8.72. The summed E-state index contributed by atoms with van der Waals surface area (Å²) < 4.78 is 32.2. The molecule has 0 aromatic rings. The van der Waals surface area contributed by atoms with Crippen molar-refractivity contribution in [2.24, 2.45) is 0 Å². The molecule has 0 unspecified atom stereocenters. The van der Waals surface area contributed by atoms with Crippen molar-refractivity contribution in [1.82, 2.24) is 0 Å². The SMILES string of the molecule is CCCCCCOS(=O)(=O)O.[Ca+2].[H-].[H-]. The second-order valence-corrected chi connectivity index (χ2v) is 3.40. The van der Waals surface area contributed by atoms with E-state index in [2.05, 4.69) is 11.1 Å². The van der Waals surface area contributed by atoms with E-state index < -0.39 is 10.4 Å². The monoisotopic (exact) mass is 224 g/mol. The van der Waals surface area contributed by atoms with Crippen LogP contribution in [0.2, 0.25) is 0 Å². The van der Waals surface area contributed by atoms with E-state index in [0.29, 0.717) is 6.42 Å². The molecule has 0 amide bonds. The molecule has 0 aromatic heterocycles. The maximum Gasteiger partial charge on any atom is 2.00 e. The van der Waals surface area contributed by atoms with E-state index in [1.165, 1.54) is 0 Å². The minimum atomic E-state index is -4.21. The molecule has 0 atom stereocenters. The molecule has 0 spiro atoms. The van der Waals surface area contributed by atoms with Gasteiger partial charge in [0.2, 0.25) is 0 Å². The minimum absolute atomic E-state index is 0. The normalized spacial score (nSPS) is 10.8. The van der Waals surface area contributed by atoms with Crippen molar-refractivity contribution in [3.63, 3.8) is 0 Å². The molecule has 0 aliphatic carbocycles. The first-order valence-electron chi connectivity index (χ1n) is 3.68. The summed E-state index contributed by atoms with van der Waals surface area (Å²) >= 11 is 0. The smallest absolute Gasteiger partial charge is 1.00 e. The summed E-state index contributed by atoms with van der Waals surface area (Å²) in [6.07, 6.45) is 3.76. The summed E-state index contributed by atoms with van der Waals surface area (Å²) in [7, 11) is -4.21. The first-order valence-corrected chi connectivity index (χ1v) is 5.04. The van der Waals surface area contributed by atoms with Crippen LogP contribution in [0.5, 0.6) is 0 Å². The van der Waals surface area contributed by atoms with Crippen LogP contribution < -0.4 is 0 Å². The second-order valence-electron chi connectivity index (χ2n) is 2.31. The molecule has 0 rings (SSSR count). The predicted octanol–water partition coefficient (Wildman–Crippen LogP) is 1.23. The molecule has 0 aliphatic rings. The van der Waals surface area contributed by atoms with Crippen LogP contribution >= 0.6 is 0 Å². The fourth-order valence-electron chi connectivity index (χ4n) is 0.693. The van der Waals surface area contributed by atoms with Crippen molar-refractivity contribution in [2.45, 2.75) is 32.6 Å². The average Bonchev–Trinajstić information content (AvgIpc) is 1.85. The van der Waals surface area contributed by atoms with Gasteiger partial charge in [-0.1, -0.05) is 26.2 Å². The molecule has 0 bridgehead atoms. The van der Waals surface area contributed by atoms with Crippen molar-refractivity contribution in [2.75, 3.05) is 6.61 Å². The van der Waals surface area contributed by atoms with Crippen LogP contribution in [0.25, 0.3) is 0 Å². The van der Waals surface area contributed by atoms with Gasteiger partial charge in [0.25, 0.3) is 0 Å². The molecule has 0 saturated carbocycles. The third-order valence-corrected chi connectivity index (χ3v) is 1.69. The van der Waals surface area contributed by atoms with E-state index in [1.807, 2.05) is 0 Å². The quantitative estimate of drug-likeness (QED) is 0.419. The minimum Gasteiger partial charge on any atom is -1.00 e. The number of unbranched alkanes of at least 4 members (excludes halogenated alkanes) is 3. The van der Waals surface area contributed by atoms with Gasteiger partial charge in [-0.25, -0.2) is 4.18 Å². The molecule has 0 heterocycles. The molecule has 6 heteroatoms. The molecule has 0 aliphatic heterocycles. The average molecular weight is 224 g/mol. The van der Waals surface area contributed by atoms with Crippen LogP contribution in [-0.2, 0) is 14.6 Å². The van der Waals surface area contributed by atoms with Gasteiger partial charge in [-0.05, 0) is 6.42 Å². The third kappa shape index (κ3) is 13.7. The van der Waals surface area contributed by atoms with E-state index in [4.69, 9.17) is 4.55 Å². The fourth-order valence-corrected chi connectivity index (χ4v) is 1.02. The van der Waals surface area contributed by atoms with Gasteiger partial charge in [0.15, 0.2) is 0 Å². The first-order chi connectivity index (χ1) is 5.06. The maximum atomic E-state index is 10.00. The van der Waals surface area contributed by atoms with Gasteiger partial charge in [-0.2, -0.15) is 8.42 Å². The molecular formula is C6H16CaO4S. The summed E-state index contributed by atoms with van der Waals surface area (Å²) in [4.78, 5) is 0. The molecule has 0 radical (unpaired) electrons. The summed E-state index contributed by atoms with van der Waals surface area (Å²) in [6.45, 7) is 2.14. The molecule has 4 nitrogen and oxygen atoms in total. The van der Waals surface area contributed by atoms with Crippen LogP contribution in [-0.4, -0.2) is 57.3 Å². The van der Waals surface area contributed by atoms with Crippen LogP contribution in [0.1, 0.15) is 35.5 Å². The Hall–Kier alpha value is 1.13. The Labute approximate surface area is 107 Å². The number of hydrogen-bond donors (Lipinski definition) is 1. The summed E-state index contributed by atoms with van der Waals surface area (Å²) in [6, 6.07) is 0. The van der Waals surface area contributed by atoms with Crippen molar-refractivity contribution in [3.05, 3.63) is 0 Å². The summed E-state index contributed by atoms with van der Waals surface area (Å²) in [5.41, 5.74) is 0. The van der Waals surface area contributed by atoms with Gasteiger partial charge < -0.3 is 2.85 Å². The zero-order valence-electron chi connectivity index (χ0n) is 9.32. The van der Waals surface area contributed by atoms with Crippen molar-refractivity contribution < 1.29 is 20.0 Å². The zero-order chi connectivity index (χ0) is 8.74. The fraction of sp³-hybridized carbons (Fsp3) is 1.00. The Morgan fingerprint density at radius 3 is 2.33 bits per heavy atom. The van der Waals surface area contributed by atoms with Gasteiger partial charge in [0, 0.05) is 0 Å². The topological polar surface area (TPSA) is 63.6 Å². The van der Waals surface area contributed by atoms with E-state index in [1.54, 1.807) is 0 Å². The molecule has 0 saturated heterocycles. The van der Waals surface area contributed by atoms with Gasteiger partial charge in [-0.15, -0.1) is 0 Å². The standard InChI is InChI=1S/C6H14O4S.Ca.2H/c1-2-3-4-5-6-10-11(7,8)9;;;/h2-6H2,1H3,(H,7,8,9);;;/q;+2;2*-1. The van der Waals surface area contributed by atoms with Crippen molar-refractivity contribution in [3.8, 4) is 0 Å². The first kappa shape index (κ1) is 15.6. The predicted molar refractivity (Wildman–Crippen MR) is 49.6 cm³/mol. The Morgan fingerprint density at radius 2 is 1.92 bits per heavy atom.